The minimum Gasteiger partial charge on any atom is -0.212 e. The number of nitrogens with zero attached hydrogens (tertiary/aromatic N) is 1. The molecule has 0 aromatic carbocycles. The molecule has 5 heteroatoms. The molecule has 16 heavy (non-hydrogen) atoms. The number of unbranched alkanes of at least 4 members (excludes halogenated alkanes) is 2. The molecule has 0 aliphatic heterocycles. The predicted molar refractivity (Wildman–Crippen MR) is 70.5 cm³/mol. The van der Waals surface area contributed by atoms with Crippen LogP contribution in [0.3, 0.4) is 0 Å². The van der Waals surface area contributed by atoms with Crippen molar-refractivity contribution in [2.45, 2.75) is 46.0 Å². The molecule has 0 amide bonds. The van der Waals surface area contributed by atoms with Crippen LogP contribution in [0, 0.1) is 0 Å². The zero-order valence-electron chi connectivity index (χ0n) is 10.4. The molecule has 0 saturated heterocycles. The monoisotopic (exact) mass is 269 g/mol. The predicted octanol–water partition coefficient (Wildman–Crippen LogP) is 2.85. The van der Waals surface area contributed by atoms with Crippen LogP contribution < -0.4 is 0 Å². The van der Waals surface area contributed by atoms with Crippen molar-refractivity contribution >= 4 is 21.6 Å². The van der Waals surface area contributed by atoms with Gasteiger partial charge in [-0.1, -0.05) is 26.7 Å². The molecular formula is C11H24ClNO2S. The van der Waals surface area contributed by atoms with Crippen LogP contribution in [-0.2, 0) is 10.0 Å². The Hall–Kier alpha value is 0.200. The summed E-state index contributed by atoms with van der Waals surface area (Å²) >= 11 is 5.54. The maximum atomic E-state index is 12.0. The zero-order chi connectivity index (χ0) is 12.4. The molecule has 0 spiro atoms. The van der Waals surface area contributed by atoms with E-state index in [0.29, 0.717) is 25.4 Å². The van der Waals surface area contributed by atoms with Crippen LogP contribution in [0.1, 0.15) is 46.0 Å². The minimum absolute atomic E-state index is 0.184. The first-order valence-electron chi connectivity index (χ1n) is 6.12. The number of halogens is 1. The van der Waals surface area contributed by atoms with Gasteiger partial charge in [-0.05, 0) is 19.3 Å². The Kier molecular flexibility index (Phi) is 9.37. The van der Waals surface area contributed by atoms with Crippen molar-refractivity contribution in [3.63, 3.8) is 0 Å². The highest BCUT2D eigenvalue weighted by molar-refractivity contribution is 7.89. The van der Waals surface area contributed by atoms with Crippen LogP contribution >= 0.6 is 11.6 Å². The summed E-state index contributed by atoms with van der Waals surface area (Å²) in [5.74, 6) is 0.596. The smallest absolute Gasteiger partial charge is 0.212 e. The van der Waals surface area contributed by atoms with Crippen LogP contribution in [-0.4, -0.2) is 37.4 Å². The molecule has 3 nitrogen and oxygen atoms in total. The summed E-state index contributed by atoms with van der Waals surface area (Å²) in [6.07, 6.45) is 4.45. The Morgan fingerprint density at radius 1 is 1.00 bits per heavy atom. The third-order valence-corrected chi connectivity index (χ3v) is 4.68. The fourth-order valence-electron chi connectivity index (χ4n) is 1.42. The van der Waals surface area contributed by atoms with Gasteiger partial charge in [0.2, 0.25) is 10.0 Å². The molecule has 0 N–H and O–H groups in total. The summed E-state index contributed by atoms with van der Waals surface area (Å²) in [5, 5.41) is 0. The van der Waals surface area contributed by atoms with E-state index >= 15 is 0 Å². The first kappa shape index (κ1) is 16.2. The van der Waals surface area contributed by atoms with E-state index in [1.54, 1.807) is 4.31 Å². The maximum absolute atomic E-state index is 12.0. The van der Waals surface area contributed by atoms with E-state index in [-0.39, 0.29) is 5.75 Å². The number of alkyl halides is 1. The molecule has 0 saturated carbocycles. The van der Waals surface area contributed by atoms with Crippen molar-refractivity contribution in [2.75, 3.05) is 24.7 Å². The van der Waals surface area contributed by atoms with Gasteiger partial charge in [0.25, 0.3) is 0 Å². The van der Waals surface area contributed by atoms with Crippen molar-refractivity contribution in [1.82, 2.24) is 4.31 Å². The second-order valence-electron chi connectivity index (χ2n) is 3.96. The van der Waals surface area contributed by atoms with E-state index in [4.69, 9.17) is 11.6 Å². The van der Waals surface area contributed by atoms with Crippen molar-refractivity contribution in [3.8, 4) is 0 Å². The summed E-state index contributed by atoms with van der Waals surface area (Å²) in [6.45, 7) is 5.45. The maximum Gasteiger partial charge on any atom is 0.214 e. The molecular weight excluding hydrogens is 246 g/mol. The van der Waals surface area contributed by atoms with Gasteiger partial charge in [-0.2, -0.15) is 0 Å². The fourth-order valence-corrected chi connectivity index (χ4v) is 3.30. The molecule has 0 heterocycles. The van der Waals surface area contributed by atoms with Gasteiger partial charge in [-0.3, -0.25) is 0 Å². The van der Waals surface area contributed by atoms with E-state index in [1.165, 1.54) is 0 Å². The summed E-state index contributed by atoms with van der Waals surface area (Å²) in [4.78, 5) is 0. The first-order chi connectivity index (χ1) is 7.58. The van der Waals surface area contributed by atoms with E-state index in [2.05, 4.69) is 13.8 Å². The van der Waals surface area contributed by atoms with Gasteiger partial charge < -0.3 is 0 Å². The lowest BCUT2D eigenvalue weighted by Gasteiger charge is -2.21. The minimum atomic E-state index is -3.08. The molecule has 0 aliphatic carbocycles. The average molecular weight is 270 g/mol. The van der Waals surface area contributed by atoms with E-state index < -0.39 is 10.0 Å². The summed E-state index contributed by atoms with van der Waals surface area (Å²) in [7, 11) is -3.08. The summed E-state index contributed by atoms with van der Waals surface area (Å²) in [5.41, 5.74) is 0. The van der Waals surface area contributed by atoms with E-state index in [0.717, 1.165) is 25.7 Å². The van der Waals surface area contributed by atoms with Crippen LogP contribution in [0.5, 0.6) is 0 Å². The highest BCUT2D eigenvalue weighted by Gasteiger charge is 2.19. The molecule has 0 rings (SSSR count). The second kappa shape index (κ2) is 9.25. The fraction of sp³-hybridized carbons (Fsp3) is 1.00. The molecule has 0 bridgehead atoms. The number of sulfonamides is 1. The van der Waals surface area contributed by atoms with Crippen molar-refractivity contribution < 1.29 is 8.42 Å². The zero-order valence-corrected chi connectivity index (χ0v) is 12.0. The third-order valence-electron chi connectivity index (χ3n) is 2.45. The van der Waals surface area contributed by atoms with Gasteiger partial charge >= 0.3 is 0 Å². The Balaban J connectivity index is 4.33. The van der Waals surface area contributed by atoms with Gasteiger partial charge in [-0.25, -0.2) is 12.7 Å². The summed E-state index contributed by atoms with van der Waals surface area (Å²) in [6, 6.07) is 0. The van der Waals surface area contributed by atoms with Crippen molar-refractivity contribution in [3.05, 3.63) is 0 Å². The largest absolute Gasteiger partial charge is 0.214 e. The quantitative estimate of drug-likeness (QED) is 0.572. The van der Waals surface area contributed by atoms with Gasteiger partial charge in [0, 0.05) is 19.0 Å². The molecule has 0 aliphatic rings. The van der Waals surface area contributed by atoms with Crippen molar-refractivity contribution in [2.24, 2.45) is 0 Å². The molecule has 0 radical (unpaired) electrons. The van der Waals surface area contributed by atoms with Gasteiger partial charge in [0.15, 0.2) is 0 Å². The standard InChI is InChI=1S/C11H24ClNO2S/c1-3-5-9-13(10-6-4-2)16(14,15)11-7-8-12/h3-11H2,1-2H3. The topological polar surface area (TPSA) is 37.4 Å². The highest BCUT2D eigenvalue weighted by Crippen LogP contribution is 2.08. The van der Waals surface area contributed by atoms with Crippen molar-refractivity contribution in [1.29, 1.82) is 0 Å². The molecule has 0 atom stereocenters. The molecule has 0 aromatic heterocycles. The average Bonchev–Trinajstić information content (AvgIpc) is 2.26. The summed E-state index contributed by atoms with van der Waals surface area (Å²) < 4.78 is 25.6. The number of hydrogen-bond donors (Lipinski definition) is 0. The van der Waals surface area contributed by atoms with Crippen LogP contribution in [0.25, 0.3) is 0 Å². The molecule has 98 valence electrons. The molecule has 0 fully saturated rings. The van der Waals surface area contributed by atoms with Crippen LogP contribution in [0.15, 0.2) is 0 Å². The Labute approximate surface area is 105 Å². The number of rotatable bonds is 10. The van der Waals surface area contributed by atoms with E-state index in [9.17, 15) is 8.42 Å². The highest BCUT2D eigenvalue weighted by atomic mass is 35.5. The Morgan fingerprint density at radius 3 is 1.88 bits per heavy atom. The third kappa shape index (κ3) is 6.71. The Bertz CT molecular complexity index is 247. The molecule has 0 aromatic rings. The van der Waals surface area contributed by atoms with Gasteiger partial charge in [0.05, 0.1) is 5.75 Å². The van der Waals surface area contributed by atoms with Gasteiger partial charge in [0.1, 0.15) is 0 Å². The van der Waals surface area contributed by atoms with E-state index in [1.807, 2.05) is 0 Å². The van der Waals surface area contributed by atoms with Crippen LogP contribution in [0.4, 0.5) is 0 Å². The molecule has 0 unspecified atom stereocenters. The SMILES string of the molecule is CCCCN(CCCC)S(=O)(=O)CCCCl. The Morgan fingerprint density at radius 2 is 1.50 bits per heavy atom. The normalized spacial score (nSPS) is 12.2. The number of hydrogen-bond acceptors (Lipinski definition) is 2. The second-order valence-corrected chi connectivity index (χ2v) is 6.43. The van der Waals surface area contributed by atoms with Gasteiger partial charge in [-0.15, -0.1) is 11.6 Å². The lowest BCUT2D eigenvalue weighted by Crippen LogP contribution is -2.34. The lowest BCUT2D eigenvalue weighted by atomic mass is 10.3. The lowest BCUT2D eigenvalue weighted by molar-refractivity contribution is 0.395. The first-order valence-corrected chi connectivity index (χ1v) is 8.26. The van der Waals surface area contributed by atoms with Crippen LogP contribution in [0.2, 0.25) is 0 Å².